The SMILES string of the molecule is O=C1Cc2cccc(c2)CCc2cc(nnn2)Nc2cccc1c2. The number of aryl methyl sites for hydroxylation is 2. The molecule has 118 valence electrons. The largest absolute Gasteiger partial charge is 0.339 e. The lowest BCUT2D eigenvalue weighted by Gasteiger charge is -2.10. The van der Waals surface area contributed by atoms with E-state index in [0.29, 0.717) is 17.8 Å². The Kier molecular flexibility index (Phi) is 3.75. The molecule has 0 radical (unpaired) electrons. The van der Waals surface area contributed by atoms with Crippen LogP contribution in [-0.2, 0) is 19.3 Å². The van der Waals surface area contributed by atoms with Crippen molar-refractivity contribution in [2.24, 2.45) is 0 Å². The van der Waals surface area contributed by atoms with Crippen LogP contribution in [0.15, 0.2) is 54.6 Å². The number of carbonyl (C=O) groups excluding carboxylic acids is 1. The molecular formula is C19H16N4O. The standard InChI is InChI=1S/C19H16N4O/c24-18-10-14-4-1-3-13(9-14)7-8-17-12-19(22-23-21-17)20-16-6-2-5-15(18)11-16/h1-6,9,11-12H,7-8,10H2,(H,20,21,22). The van der Waals surface area contributed by atoms with E-state index in [0.717, 1.165) is 29.8 Å². The number of ketones is 1. The first-order chi connectivity index (χ1) is 11.8. The van der Waals surface area contributed by atoms with Crippen molar-refractivity contribution in [2.45, 2.75) is 19.3 Å². The lowest BCUT2D eigenvalue weighted by Crippen LogP contribution is -2.07. The molecule has 5 heteroatoms. The number of Topliss-reactive ketones (excluding diaryl/α,β-unsaturated/α-hetero) is 1. The fourth-order valence-electron chi connectivity index (χ4n) is 2.90. The van der Waals surface area contributed by atoms with Gasteiger partial charge in [0.1, 0.15) is 0 Å². The Bertz CT molecular complexity index is 907. The maximum atomic E-state index is 12.6. The van der Waals surface area contributed by atoms with E-state index >= 15 is 0 Å². The number of anilines is 2. The molecule has 4 rings (SSSR count). The molecule has 0 amide bonds. The number of hydrogen-bond donors (Lipinski definition) is 1. The summed E-state index contributed by atoms with van der Waals surface area (Å²) in [5, 5.41) is 15.2. The Morgan fingerprint density at radius 1 is 0.875 bits per heavy atom. The van der Waals surface area contributed by atoms with Crippen LogP contribution in [0.3, 0.4) is 0 Å². The minimum Gasteiger partial charge on any atom is -0.339 e. The molecule has 0 unspecified atom stereocenters. The predicted molar refractivity (Wildman–Crippen MR) is 91.4 cm³/mol. The van der Waals surface area contributed by atoms with Crippen molar-refractivity contribution < 1.29 is 4.79 Å². The summed E-state index contributed by atoms with van der Waals surface area (Å²) in [5.74, 6) is 0.741. The molecule has 1 aliphatic rings. The zero-order valence-electron chi connectivity index (χ0n) is 13.1. The van der Waals surface area contributed by atoms with Gasteiger partial charge in [-0.05, 0) is 41.3 Å². The molecule has 1 N–H and O–H groups in total. The number of fused-ring (bicyclic) bond motifs is 6. The van der Waals surface area contributed by atoms with Gasteiger partial charge in [-0.25, -0.2) is 0 Å². The Morgan fingerprint density at radius 3 is 2.71 bits per heavy atom. The van der Waals surface area contributed by atoms with Gasteiger partial charge >= 0.3 is 0 Å². The number of benzene rings is 2. The van der Waals surface area contributed by atoms with Crippen LogP contribution >= 0.6 is 0 Å². The van der Waals surface area contributed by atoms with E-state index in [1.807, 2.05) is 42.5 Å². The first-order valence-electron chi connectivity index (χ1n) is 7.94. The highest BCUT2D eigenvalue weighted by molar-refractivity contribution is 5.98. The van der Waals surface area contributed by atoms with Crippen LogP contribution in [0.4, 0.5) is 11.5 Å². The molecule has 2 aromatic carbocycles. The van der Waals surface area contributed by atoms with Gasteiger partial charge in [-0.3, -0.25) is 4.79 Å². The van der Waals surface area contributed by atoms with Gasteiger partial charge in [-0.2, -0.15) is 0 Å². The molecule has 3 aromatic rings. The molecule has 6 bridgehead atoms. The van der Waals surface area contributed by atoms with Crippen LogP contribution in [0.1, 0.15) is 27.2 Å². The molecule has 0 saturated heterocycles. The molecule has 0 saturated carbocycles. The second-order valence-electron chi connectivity index (χ2n) is 5.94. The fraction of sp³-hybridized carbons (Fsp3) is 0.158. The number of nitrogens with one attached hydrogen (secondary N) is 1. The van der Waals surface area contributed by atoms with Crippen molar-refractivity contribution in [3.63, 3.8) is 0 Å². The minimum absolute atomic E-state index is 0.106. The molecule has 2 heterocycles. The lowest BCUT2D eigenvalue weighted by atomic mass is 9.99. The molecular weight excluding hydrogens is 300 g/mol. The van der Waals surface area contributed by atoms with E-state index in [1.165, 1.54) is 5.56 Å². The third kappa shape index (κ3) is 3.15. The normalized spacial score (nSPS) is 13.8. The van der Waals surface area contributed by atoms with Gasteiger partial charge in [0, 0.05) is 23.7 Å². The molecule has 0 aliphatic carbocycles. The summed E-state index contributed by atoms with van der Waals surface area (Å²) in [4.78, 5) is 12.6. The number of carbonyl (C=O) groups is 1. The van der Waals surface area contributed by atoms with Crippen LogP contribution < -0.4 is 5.32 Å². The van der Waals surface area contributed by atoms with Gasteiger partial charge in [0.15, 0.2) is 11.6 Å². The first-order valence-corrected chi connectivity index (χ1v) is 7.94. The Hall–Kier alpha value is -3.08. The Balaban J connectivity index is 1.79. The average Bonchev–Trinajstić information content (AvgIpc) is 2.60. The molecule has 0 spiro atoms. The van der Waals surface area contributed by atoms with Gasteiger partial charge in [0.2, 0.25) is 0 Å². The molecule has 1 aromatic heterocycles. The average molecular weight is 316 g/mol. The highest BCUT2D eigenvalue weighted by atomic mass is 16.1. The fourth-order valence-corrected chi connectivity index (χ4v) is 2.90. The third-order valence-electron chi connectivity index (χ3n) is 4.11. The topological polar surface area (TPSA) is 67.8 Å². The number of hydrogen-bond acceptors (Lipinski definition) is 5. The van der Waals surface area contributed by atoms with Gasteiger partial charge < -0.3 is 5.32 Å². The van der Waals surface area contributed by atoms with Crippen LogP contribution in [0, 0.1) is 0 Å². The zero-order chi connectivity index (χ0) is 16.4. The van der Waals surface area contributed by atoms with Crippen molar-refractivity contribution in [1.82, 2.24) is 15.4 Å². The van der Waals surface area contributed by atoms with Crippen LogP contribution in [0.5, 0.6) is 0 Å². The summed E-state index contributed by atoms with van der Waals surface area (Å²) in [6, 6.07) is 17.5. The summed E-state index contributed by atoms with van der Waals surface area (Å²) >= 11 is 0. The number of aromatic nitrogens is 3. The summed E-state index contributed by atoms with van der Waals surface area (Å²) < 4.78 is 0. The van der Waals surface area contributed by atoms with Gasteiger partial charge in [-0.1, -0.05) is 36.4 Å². The summed E-state index contributed by atoms with van der Waals surface area (Å²) in [6.45, 7) is 0. The van der Waals surface area contributed by atoms with Crippen LogP contribution in [0.2, 0.25) is 0 Å². The molecule has 1 aliphatic heterocycles. The second kappa shape index (κ2) is 6.20. The third-order valence-corrected chi connectivity index (χ3v) is 4.11. The highest BCUT2D eigenvalue weighted by Gasteiger charge is 2.10. The van der Waals surface area contributed by atoms with E-state index in [2.05, 4.69) is 32.9 Å². The van der Waals surface area contributed by atoms with Crippen LogP contribution in [-0.4, -0.2) is 21.2 Å². The van der Waals surface area contributed by atoms with E-state index in [-0.39, 0.29) is 5.78 Å². The van der Waals surface area contributed by atoms with E-state index < -0.39 is 0 Å². The maximum Gasteiger partial charge on any atom is 0.167 e. The highest BCUT2D eigenvalue weighted by Crippen LogP contribution is 2.19. The summed E-state index contributed by atoms with van der Waals surface area (Å²) in [7, 11) is 0. The zero-order valence-corrected chi connectivity index (χ0v) is 13.1. The van der Waals surface area contributed by atoms with Crippen molar-refractivity contribution in [1.29, 1.82) is 0 Å². The molecule has 0 atom stereocenters. The Morgan fingerprint density at radius 2 is 1.75 bits per heavy atom. The smallest absolute Gasteiger partial charge is 0.167 e. The lowest BCUT2D eigenvalue weighted by molar-refractivity contribution is 0.0993. The van der Waals surface area contributed by atoms with Crippen molar-refractivity contribution in [3.8, 4) is 0 Å². The van der Waals surface area contributed by atoms with E-state index in [4.69, 9.17) is 0 Å². The van der Waals surface area contributed by atoms with E-state index in [1.54, 1.807) is 0 Å². The number of rotatable bonds is 0. The minimum atomic E-state index is 0.106. The maximum absolute atomic E-state index is 12.6. The van der Waals surface area contributed by atoms with E-state index in [9.17, 15) is 4.79 Å². The summed E-state index contributed by atoms with van der Waals surface area (Å²) in [6.07, 6.45) is 2.04. The molecule has 0 fully saturated rings. The monoisotopic (exact) mass is 316 g/mol. The van der Waals surface area contributed by atoms with Gasteiger partial charge in [0.25, 0.3) is 0 Å². The summed E-state index contributed by atoms with van der Waals surface area (Å²) in [5.41, 5.74) is 4.62. The number of nitrogens with zero attached hydrogens (tertiary/aromatic N) is 3. The first kappa shape index (κ1) is 14.5. The predicted octanol–water partition coefficient (Wildman–Crippen LogP) is 3.14. The van der Waals surface area contributed by atoms with Crippen LogP contribution in [0.25, 0.3) is 0 Å². The Labute approximate surface area is 139 Å². The van der Waals surface area contributed by atoms with Gasteiger partial charge in [0.05, 0.1) is 5.69 Å². The van der Waals surface area contributed by atoms with Crippen molar-refractivity contribution in [3.05, 3.63) is 77.0 Å². The molecule has 24 heavy (non-hydrogen) atoms. The second-order valence-corrected chi connectivity index (χ2v) is 5.94. The van der Waals surface area contributed by atoms with Crippen molar-refractivity contribution in [2.75, 3.05) is 5.32 Å². The van der Waals surface area contributed by atoms with Gasteiger partial charge in [-0.15, -0.1) is 10.2 Å². The van der Waals surface area contributed by atoms with Crippen molar-refractivity contribution >= 4 is 17.3 Å². The quantitative estimate of drug-likeness (QED) is 0.690. The molecule has 5 nitrogen and oxygen atoms in total.